The molecule has 0 spiro atoms. The summed E-state index contributed by atoms with van der Waals surface area (Å²) in [5.41, 5.74) is 1.90. The molecule has 5 nitrogen and oxygen atoms in total. The number of fused-ring (bicyclic) bond motifs is 2. The van der Waals surface area contributed by atoms with Gasteiger partial charge < -0.3 is 9.47 Å². The number of ether oxygens (including phenoxy) is 2. The van der Waals surface area contributed by atoms with E-state index in [2.05, 4.69) is 10.2 Å². The van der Waals surface area contributed by atoms with E-state index in [0.717, 1.165) is 22.1 Å². The highest BCUT2D eigenvalue weighted by atomic mass is 35.5. The Bertz CT molecular complexity index is 837. The minimum absolute atomic E-state index is 0.534. The number of aromatic nitrogens is 3. The van der Waals surface area contributed by atoms with Crippen molar-refractivity contribution >= 4 is 29.0 Å². The fourth-order valence-electron chi connectivity index (χ4n) is 2.31. The number of hydrogen-bond acceptors (Lipinski definition) is 5. The van der Waals surface area contributed by atoms with E-state index in [9.17, 15) is 0 Å². The third kappa shape index (κ3) is 2.48. The molecule has 7 heteroatoms. The Balaban J connectivity index is 1.58. The largest absolute Gasteiger partial charge is 0.486 e. The van der Waals surface area contributed by atoms with Crippen LogP contribution in [0.5, 0.6) is 11.5 Å². The first kappa shape index (κ1) is 13.7. The number of halogens is 1. The molecule has 0 radical (unpaired) electrons. The molecule has 2 aromatic heterocycles. The molecule has 3 aromatic rings. The average molecular weight is 334 g/mol. The lowest BCUT2D eigenvalue weighted by Gasteiger charge is -2.20. The Kier molecular flexibility index (Phi) is 3.56. The van der Waals surface area contributed by atoms with E-state index in [4.69, 9.17) is 21.1 Å². The van der Waals surface area contributed by atoms with Crippen molar-refractivity contribution in [3.05, 3.63) is 47.1 Å². The van der Waals surface area contributed by atoms with Gasteiger partial charge in [0.1, 0.15) is 13.2 Å². The molecule has 4 rings (SSSR count). The molecule has 1 aliphatic heterocycles. The summed E-state index contributed by atoms with van der Waals surface area (Å²) < 4.78 is 13.1. The van der Waals surface area contributed by atoms with Gasteiger partial charge >= 0.3 is 0 Å². The summed E-state index contributed by atoms with van der Waals surface area (Å²) in [6.07, 6.45) is 1.95. The van der Waals surface area contributed by atoms with Gasteiger partial charge in [0.2, 0.25) is 0 Å². The normalized spacial score (nSPS) is 13.5. The molecule has 0 fully saturated rings. The maximum Gasteiger partial charge on any atom is 0.195 e. The van der Waals surface area contributed by atoms with E-state index in [0.29, 0.717) is 29.7 Å². The summed E-state index contributed by atoms with van der Waals surface area (Å²) in [5.74, 6) is 2.07. The molecule has 0 saturated carbocycles. The molecule has 0 saturated heterocycles. The molecule has 3 heterocycles. The van der Waals surface area contributed by atoms with Crippen LogP contribution in [0.3, 0.4) is 0 Å². The van der Waals surface area contributed by atoms with Crippen molar-refractivity contribution in [3.63, 3.8) is 0 Å². The predicted molar refractivity (Wildman–Crippen MR) is 85.0 cm³/mol. The van der Waals surface area contributed by atoms with Gasteiger partial charge in [-0.2, -0.15) is 0 Å². The Morgan fingerprint density at radius 3 is 3.05 bits per heavy atom. The third-order valence-electron chi connectivity index (χ3n) is 3.31. The van der Waals surface area contributed by atoms with Gasteiger partial charge in [-0.1, -0.05) is 29.4 Å². The van der Waals surface area contributed by atoms with E-state index in [1.54, 1.807) is 11.8 Å². The summed E-state index contributed by atoms with van der Waals surface area (Å²) in [5, 5.41) is 9.78. The van der Waals surface area contributed by atoms with Gasteiger partial charge in [0.15, 0.2) is 22.3 Å². The van der Waals surface area contributed by atoms with E-state index in [-0.39, 0.29) is 0 Å². The van der Waals surface area contributed by atoms with Crippen LogP contribution in [0.2, 0.25) is 5.02 Å². The van der Waals surface area contributed by atoms with Gasteiger partial charge in [-0.05, 0) is 29.8 Å². The minimum Gasteiger partial charge on any atom is -0.486 e. The average Bonchev–Trinajstić information content (AvgIpc) is 2.96. The van der Waals surface area contributed by atoms with Gasteiger partial charge in [0.25, 0.3) is 0 Å². The zero-order valence-corrected chi connectivity index (χ0v) is 13.1. The summed E-state index contributed by atoms with van der Waals surface area (Å²) in [6, 6.07) is 9.71. The monoisotopic (exact) mass is 333 g/mol. The number of nitrogens with zero attached hydrogens (tertiary/aromatic N) is 3. The zero-order valence-electron chi connectivity index (χ0n) is 11.5. The van der Waals surface area contributed by atoms with Crippen LogP contribution >= 0.6 is 23.4 Å². The molecule has 0 bridgehead atoms. The van der Waals surface area contributed by atoms with Crippen molar-refractivity contribution in [2.45, 2.75) is 10.9 Å². The Morgan fingerprint density at radius 1 is 1.18 bits per heavy atom. The standard InChI is InChI=1S/C15H12ClN3O2S/c16-11-7-10(8-12-14(11)21-6-5-20-12)9-22-15-18-17-13-3-1-2-4-19(13)15/h1-4,7-8H,5-6,9H2. The van der Waals surface area contributed by atoms with E-state index in [1.807, 2.05) is 40.9 Å². The van der Waals surface area contributed by atoms with Gasteiger partial charge in [-0.15, -0.1) is 10.2 Å². The lowest BCUT2D eigenvalue weighted by Crippen LogP contribution is -2.15. The number of hydrogen-bond donors (Lipinski definition) is 0. The first-order valence-electron chi connectivity index (χ1n) is 6.82. The molecule has 1 aliphatic rings. The van der Waals surface area contributed by atoms with Crippen LogP contribution in [0, 0.1) is 0 Å². The van der Waals surface area contributed by atoms with Crippen LogP contribution in [-0.2, 0) is 5.75 Å². The number of benzene rings is 1. The zero-order chi connectivity index (χ0) is 14.9. The molecule has 112 valence electrons. The fraction of sp³-hybridized carbons (Fsp3) is 0.200. The van der Waals surface area contributed by atoms with Crippen LogP contribution in [0.25, 0.3) is 5.65 Å². The van der Waals surface area contributed by atoms with E-state index < -0.39 is 0 Å². The molecule has 22 heavy (non-hydrogen) atoms. The highest BCUT2D eigenvalue weighted by Crippen LogP contribution is 2.39. The number of pyridine rings is 1. The summed E-state index contributed by atoms with van der Waals surface area (Å²) in [6.45, 7) is 1.08. The van der Waals surface area contributed by atoms with Crippen LogP contribution in [0.4, 0.5) is 0 Å². The summed E-state index contributed by atoms with van der Waals surface area (Å²) in [4.78, 5) is 0. The molecule has 0 aliphatic carbocycles. The summed E-state index contributed by atoms with van der Waals surface area (Å²) in [7, 11) is 0. The van der Waals surface area contributed by atoms with Gasteiger partial charge in [0, 0.05) is 11.9 Å². The van der Waals surface area contributed by atoms with Crippen molar-refractivity contribution in [3.8, 4) is 11.5 Å². The molecule has 0 unspecified atom stereocenters. The molecule has 1 aromatic carbocycles. The Morgan fingerprint density at radius 2 is 2.09 bits per heavy atom. The smallest absolute Gasteiger partial charge is 0.195 e. The summed E-state index contributed by atoms with van der Waals surface area (Å²) >= 11 is 7.86. The first-order valence-corrected chi connectivity index (χ1v) is 8.18. The van der Waals surface area contributed by atoms with Crippen molar-refractivity contribution in [2.75, 3.05) is 13.2 Å². The maximum absolute atomic E-state index is 6.26. The molecule has 0 amide bonds. The van der Waals surface area contributed by atoms with Crippen LogP contribution < -0.4 is 9.47 Å². The second-order valence-corrected chi connectivity index (χ2v) is 6.15. The van der Waals surface area contributed by atoms with Gasteiger partial charge in [-0.3, -0.25) is 4.40 Å². The molecule has 0 N–H and O–H groups in total. The molecule has 0 atom stereocenters. The maximum atomic E-state index is 6.26. The first-order chi connectivity index (χ1) is 10.8. The van der Waals surface area contributed by atoms with E-state index in [1.165, 1.54) is 0 Å². The van der Waals surface area contributed by atoms with Crippen molar-refractivity contribution < 1.29 is 9.47 Å². The van der Waals surface area contributed by atoms with Crippen LogP contribution in [0.15, 0.2) is 41.7 Å². The predicted octanol–water partition coefficient (Wildman–Crippen LogP) is 3.45. The van der Waals surface area contributed by atoms with Crippen LogP contribution in [0.1, 0.15) is 5.56 Å². The molecular formula is C15H12ClN3O2S. The lowest BCUT2D eigenvalue weighted by atomic mass is 10.2. The number of rotatable bonds is 3. The Labute approximate surface area is 136 Å². The second kappa shape index (κ2) is 5.70. The SMILES string of the molecule is Clc1cc(CSc2nnc3ccccn23)cc2c1OCCO2. The highest BCUT2D eigenvalue weighted by molar-refractivity contribution is 7.98. The van der Waals surface area contributed by atoms with E-state index >= 15 is 0 Å². The van der Waals surface area contributed by atoms with Crippen LogP contribution in [-0.4, -0.2) is 27.8 Å². The lowest BCUT2D eigenvalue weighted by molar-refractivity contribution is 0.171. The quantitative estimate of drug-likeness (QED) is 0.687. The Hall–Kier alpha value is -1.92. The second-order valence-electron chi connectivity index (χ2n) is 4.80. The topological polar surface area (TPSA) is 48.7 Å². The highest BCUT2D eigenvalue weighted by Gasteiger charge is 2.17. The van der Waals surface area contributed by atoms with Crippen molar-refractivity contribution in [2.24, 2.45) is 0 Å². The van der Waals surface area contributed by atoms with Crippen molar-refractivity contribution in [1.82, 2.24) is 14.6 Å². The third-order valence-corrected chi connectivity index (χ3v) is 4.60. The fourth-order valence-corrected chi connectivity index (χ4v) is 3.46. The van der Waals surface area contributed by atoms with Crippen molar-refractivity contribution in [1.29, 1.82) is 0 Å². The minimum atomic E-state index is 0.534. The van der Waals surface area contributed by atoms with Gasteiger partial charge in [0.05, 0.1) is 5.02 Å². The molecular weight excluding hydrogens is 322 g/mol. The number of thioether (sulfide) groups is 1. The van der Waals surface area contributed by atoms with Gasteiger partial charge in [-0.25, -0.2) is 0 Å².